The van der Waals surface area contributed by atoms with Crippen molar-refractivity contribution in [3.05, 3.63) is 64.5 Å². The number of anilines is 1. The molecule has 0 bridgehead atoms. The van der Waals surface area contributed by atoms with Gasteiger partial charge in [0, 0.05) is 12.6 Å². The molecule has 1 spiro atoms. The lowest BCUT2D eigenvalue weighted by molar-refractivity contribution is -0.141. The largest absolute Gasteiger partial charge is 0.453 e. The Bertz CT molecular complexity index is 1360. The number of rotatable bonds is 4. The lowest BCUT2D eigenvalue weighted by Crippen LogP contribution is -2.48. The number of hydrogen-bond donors (Lipinski definition) is 2. The van der Waals surface area contributed by atoms with E-state index >= 15 is 0 Å². The number of methoxy groups -OCH3 is 1. The zero-order valence-electron chi connectivity index (χ0n) is 21.1. The van der Waals surface area contributed by atoms with E-state index in [1.54, 1.807) is 0 Å². The highest BCUT2D eigenvalue weighted by Gasteiger charge is 2.56. The summed E-state index contributed by atoms with van der Waals surface area (Å²) in [6.07, 6.45) is 3.71. The number of ether oxygens (including phenoxy) is 1. The SMILES string of the molecule is COC(=O)Nc1cc2c(cc1F)C1(CC2)NC(=O)N(CC(=O)N2Cc3ccccc3CC[C@H]2C2CC2)C1=O. The van der Waals surface area contributed by atoms with Crippen molar-refractivity contribution in [2.24, 2.45) is 5.92 Å². The summed E-state index contributed by atoms with van der Waals surface area (Å²) in [4.78, 5) is 54.8. The van der Waals surface area contributed by atoms with Crippen molar-refractivity contribution in [1.29, 1.82) is 0 Å². The lowest BCUT2D eigenvalue weighted by Gasteiger charge is -2.31. The predicted molar refractivity (Wildman–Crippen MR) is 134 cm³/mol. The van der Waals surface area contributed by atoms with Crippen molar-refractivity contribution in [2.45, 2.75) is 56.7 Å². The third-order valence-electron chi connectivity index (χ3n) is 8.37. The number of hydrogen-bond acceptors (Lipinski definition) is 5. The molecule has 38 heavy (non-hydrogen) atoms. The Labute approximate surface area is 219 Å². The predicted octanol–water partition coefficient (Wildman–Crippen LogP) is 3.45. The minimum absolute atomic E-state index is 0.0657. The van der Waals surface area contributed by atoms with Crippen LogP contribution >= 0.6 is 0 Å². The van der Waals surface area contributed by atoms with Crippen LogP contribution in [0.25, 0.3) is 0 Å². The number of urea groups is 1. The smallest absolute Gasteiger partial charge is 0.411 e. The second-order valence-corrected chi connectivity index (χ2v) is 10.6. The summed E-state index contributed by atoms with van der Waals surface area (Å²) < 4.78 is 19.4. The third kappa shape index (κ3) is 3.99. The zero-order valence-corrected chi connectivity index (χ0v) is 21.1. The van der Waals surface area contributed by atoms with Crippen molar-refractivity contribution >= 4 is 29.6 Å². The molecule has 1 unspecified atom stereocenters. The molecule has 4 aliphatic rings. The normalized spacial score (nSPS) is 24.1. The van der Waals surface area contributed by atoms with Gasteiger partial charge in [0.15, 0.2) is 0 Å². The molecule has 2 N–H and O–H groups in total. The Hall–Kier alpha value is -3.95. The molecule has 10 heteroatoms. The number of carbonyl (C=O) groups excluding carboxylic acids is 4. The summed E-state index contributed by atoms with van der Waals surface area (Å²) in [5.74, 6) is -1.12. The van der Waals surface area contributed by atoms with Gasteiger partial charge in [-0.1, -0.05) is 24.3 Å². The molecule has 2 heterocycles. The summed E-state index contributed by atoms with van der Waals surface area (Å²) in [5.41, 5.74) is 1.81. The number of halogens is 1. The molecule has 2 aliphatic heterocycles. The summed E-state index contributed by atoms with van der Waals surface area (Å²) >= 11 is 0. The molecule has 0 radical (unpaired) electrons. The Kier molecular flexibility index (Phi) is 5.85. The van der Waals surface area contributed by atoms with E-state index in [0.717, 1.165) is 36.1 Å². The van der Waals surface area contributed by atoms with E-state index in [0.29, 0.717) is 30.0 Å². The molecule has 1 saturated carbocycles. The molecule has 5 amide bonds. The van der Waals surface area contributed by atoms with Gasteiger partial charge in [0.2, 0.25) is 5.91 Å². The van der Waals surface area contributed by atoms with Crippen molar-refractivity contribution < 1.29 is 28.3 Å². The van der Waals surface area contributed by atoms with Crippen LogP contribution in [0.5, 0.6) is 0 Å². The Morgan fingerprint density at radius 2 is 1.87 bits per heavy atom. The van der Waals surface area contributed by atoms with Crippen molar-refractivity contribution in [2.75, 3.05) is 19.0 Å². The zero-order chi connectivity index (χ0) is 26.6. The van der Waals surface area contributed by atoms with E-state index in [9.17, 15) is 23.6 Å². The number of fused-ring (bicyclic) bond motifs is 3. The first-order valence-electron chi connectivity index (χ1n) is 13.0. The molecule has 2 fully saturated rings. The quantitative estimate of drug-likeness (QED) is 0.601. The monoisotopic (exact) mass is 520 g/mol. The molecule has 198 valence electrons. The fraction of sp³-hybridized carbons (Fsp3) is 0.429. The number of nitrogens with zero attached hydrogens (tertiary/aromatic N) is 2. The van der Waals surface area contributed by atoms with Gasteiger partial charge in [0.05, 0.1) is 12.8 Å². The molecule has 2 aliphatic carbocycles. The van der Waals surface area contributed by atoms with E-state index in [1.165, 1.54) is 24.8 Å². The van der Waals surface area contributed by atoms with Crippen LogP contribution in [-0.2, 0) is 39.3 Å². The van der Waals surface area contributed by atoms with Crippen LogP contribution in [0.15, 0.2) is 36.4 Å². The van der Waals surface area contributed by atoms with Crippen LogP contribution in [-0.4, -0.2) is 53.4 Å². The number of carbonyl (C=O) groups is 4. The summed E-state index contributed by atoms with van der Waals surface area (Å²) in [6, 6.07) is 10.1. The first-order valence-corrected chi connectivity index (χ1v) is 13.0. The van der Waals surface area contributed by atoms with Gasteiger partial charge >= 0.3 is 12.1 Å². The third-order valence-corrected chi connectivity index (χ3v) is 8.37. The first-order chi connectivity index (χ1) is 18.3. The fourth-order valence-corrected chi connectivity index (χ4v) is 6.24. The fourth-order valence-electron chi connectivity index (χ4n) is 6.24. The van der Waals surface area contributed by atoms with Gasteiger partial charge in [0.1, 0.15) is 17.9 Å². The molecule has 9 nitrogen and oxygen atoms in total. The van der Waals surface area contributed by atoms with Gasteiger partial charge in [0.25, 0.3) is 5.91 Å². The highest BCUT2D eigenvalue weighted by atomic mass is 19.1. The molecule has 1 saturated heterocycles. The maximum Gasteiger partial charge on any atom is 0.411 e. The van der Waals surface area contributed by atoms with Gasteiger partial charge in [-0.25, -0.2) is 14.0 Å². The highest BCUT2D eigenvalue weighted by Crippen LogP contribution is 2.44. The van der Waals surface area contributed by atoms with Crippen LogP contribution < -0.4 is 10.6 Å². The Balaban J connectivity index is 1.25. The van der Waals surface area contributed by atoms with E-state index in [2.05, 4.69) is 21.4 Å². The number of benzene rings is 2. The van der Waals surface area contributed by atoms with Gasteiger partial charge in [-0.15, -0.1) is 0 Å². The maximum absolute atomic E-state index is 14.9. The minimum Gasteiger partial charge on any atom is -0.453 e. The standard InChI is InChI=1S/C28H29FN4O5/c1-38-27(37)30-22-12-18-10-11-28(20(18)13-21(22)29)25(35)33(26(36)31-28)15-24(34)32-14-19-5-3-2-4-16(19)8-9-23(32)17-6-7-17/h2-5,12-13,17,23H,6-11,14-15H2,1H3,(H,30,37)(H,31,36)/t23-,28?/m0/s1. The molecule has 6 rings (SSSR count). The molecule has 2 aromatic rings. The molecule has 2 atom stereocenters. The van der Waals surface area contributed by atoms with Crippen LogP contribution in [0.3, 0.4) is 0 Å². The number of aryl methyl sites for hydroxylation is 2. The topological polar surface area (TPSA) is 108 Å². The molecule has 0 aromatic heterocycles. The number of amides is 5. The van der Waals surface area contributed by atoms with E-state index in [1.807, 2.05) is 23.1 Å². The first kappa shape index (κ1) is 24.4. The number of imide groups is 1. The summed E-state index contributed by atoms with van der Waals surface area (Å²) in [6.45, 7) is 0.0899. The number of nitrogens with one attached hydrogen (secondary N) is 2. The van der Waals surface area contributed by atoms with Gasteiger partial charge in [-0.2, -0.15) is 0 Å². The van der Waals surface area contributed by atoms with Crippen molar-refractivity contribution in [3.63, 3.8) is 0 Å². The van der Waals surface area contributed by atoms with E-state index in [-0.39, 0.29) is 30.6 Å². The van der Waals surface area contributed by atoms with Gasteiger partial charge in [-0.05, 0) is 78.8 Å². The summed E-state index contributed by atoms with van der Waals surface area (Å²) in [7, 11) is 1.18. The Morgan fingerprint density at radius 1 is 1.11 bits per heavy atom. The van der Waals surface area contributed by atoms with Crippen molar-refractivity contribution in [3.8, 4) is 0 Å². The van der Waals surface area contributed by atoms with Crippen LogP contribution in [0, 0.1) is 11.7 Å². The highest BCUT2D eigenvalue weighted by molar-refractivity contribution is 6.10. The molecular formula is C28H29FN4O5. The molecular weight excluding hydrogens is 491 g/mol. The average molecular weight is 521 g/mol. The summed E-state index contributed by atoms with van der Waals surface area (Å²) in [5, 5.41) is 5.08. The second kappa shape index (κ2) is 9.11. The van der Waals surface area contributed by atoms with Gasteiger partial charge < -0.3 is 15.0 Å². The van der Waals surface area contributed by atoms with E-state index < -0.39 is 29.4 Å². The Morgan fingerprint density at radius 3 is 2.61 bits per heavy atom. The van der Waals surface area contributed by atoms with Crippen molar-refractivity contribution in [1.82, 2.24) is 15.1 Å². The van der Waals surface area contributed by atoms with Gasteiger partial charge in [-0.3, -0.25) is 19.8 Å². The lowest BCUT2D eigenvalue weighted by atomic mass is 9.91. The minimum atomic E-state index is -1.43. The average Bonchev–Trinajstić information content (AvgIpc) is 3.68. The van der Waals surface area contributed by atoms with E-state index in [4.69, 9.17) is 0 Å². The van der Waals surface area contributed by atoms with Crippen LogP contribution in [0.2, 0.25) is 0 Å². The maximum atomic E-state index is 14.9. The van der Waals surface area contributed by atoms with Crippen LogP contribution in [0.4, 0.5) is 19.7 Å². The molecule has 2 aromatic carbocycles. The van der Waals surface area contributed by atoms with Crippen LogP contribution in [0.1, 0.15) is 47.9 Å². The second-order valence-electron chi connectivity index (χ2n) is 10.6.